The van der Waals surface area contributed by atoms with Gasteiger partial charge in [-0.2, -0.15) is 0 Å². The highest BCUT2D eigenvalue weighted by atomic mass is 14.7. The summed E-state index contributed by atoms with van der Waals surface area (Å²) in [5, 5.41) is 0. The summed E-state index contributed by atoms with van der Waals surface area (Å²) in [7, 11) is 0. The fourth-order valence-electron chi connectivity index (χ4n) is 4.82. The molecule has 2 nitrogen and oxygen atoms in total. The van der Waals surface area contributed by atoms with Gasteiger partial charge >= 0.3 is 0 Å². The summed E-state index contributed by atoms with van der Waals surface area (Å²) in [5.74, 6) is 3.41. The summed E-state index contributed by atoms with van der Waals surface area (Å²) in [6.07, 6.45) is 5.94. The first-order valence-corrected chi connectivity index (χ1v) is 10.5. The third kappa shape index (κ3) is 7.87. The van der Waals surface area contributed by atoms with Crippen LogP contribution in [0.2, 0.25) is 0 Å². The van der Waals surface area contributed by atoms with Gasteiger partial charge in [-0.25, -0.2) is 0 Å². The molecule has 0 saturated carbocycles. The molecule has 0 aromatic rings. The molecular formula is C22H48N2. The Hall–Kier alpha value is -0.0800. The molecule has 6 unspecified atom stereocenters. The molecule has 0 saturated heterocycles. The molecular weight excluding hydrogens is 292 g/mol. The predicted octanol–water partition coefficient (Wildman–Crippen LogP) is 5.84. The standard InChI is InChI=1S/C22H48N2/c1-10-16(5)20(13-18(7)23)22(8,9)14-17(6)19(12-15(3)4)21(24)11-2/h15-21H,10-14,23-24H2,1-9H3. The van der Waals surface area contributed by atoms with Gasteiger partial charge in [-0.1, -0.05) is 61.8 Å². The smallest absolute Gasteiger partial charge is 0.00671 e. The van der Waals surface area contributed by atoms with E-state index < -0.39 is 0 Å². The van der Waals surface area contributed by atoms with Crippen molar-refractivity contribution in [2.45, 2.75) is 107 Å². The van der Waals surface area contributed by atoms with Gasteiger partial charge in [-0.15, -0.1) is 0 Å². The van der Waals surface area contributed by atoms with Crippen molar-refractivity contribution in [2.75, 3.05) is 0 Å². The molecule has 0 rings (SSSR count). The Kier molecular flexibility index (Phi) is 10.8. The van der Waals surface area contributed by atoms with Crippen molar-refractivity contribution in [3.8, 4) is 0 Å². The van der Waals surface area contributed by atoms with Crippen molar-refractivity contribution >= 4 is 0 Å². The van der Waals surface area contributed by atoms with Crippen LogP contribution in [0.25, 0.3) is 0 Å². The van der Waals surface area contributed by atoms with Crippen LogP contribution in [0, 0.1) is 35.0 Å². The first-order valence-electron chi connectivity index (χ1n) is 10.5. The quantitative estimate of drug-likeness (QED) is 0.469. The lowest BCUT2D eigenvalue weighted by molar-refractivity contribution is 0.0764. The summed E-state index contributed by atoms with van der Waals surface area (Å²) >= 11 is 0. The molecule has 0 aromatic heterocycles. The van der Waals surface area contributed by atoms with Crippen LogP contribution in [0.4, 0.5) is 0 Å². The topological polar surface area (TPSA) is 52.0 Å². The number of hydrogen-bond donors (Lipinski definition) is 2. The maximum atomic E-state index is 6.51. The zero-order valence-corrected chi connectivity index (χ0v) is 18.2. The summed E-state index contributed by atoms with van der Waals surface area (Å²) in [4.78, 5) is 0. The normalized spacial score (nSPS) is 20.5. The number of hydrogen-bond acceptors (Lipinski definition) is 2. The van der Waals surface area contributed by atoms with Gasteiger partial charge in [0.25, 0.3) is 0 Å². The van der Waals surface area contributed by atoms with Gasteiger partial charge in [-0.3, -0.25) is 0 Å². The minimum absolute atomic E-state index is 0.281. The summed E-state index contributed by atoms with van der Waals surface area (Å²) in [5.41, 5.74) is 13.0. The highest BCUT2D eigenvalue weighted by Crippen LogP contribution is 2.44. The first-order chi connectivity index (χ1) is 11.0. The van der Waals surface area contributed by atoms with Gasteiger partial charge in [0.2, 0.25) is 0 Å². The number of nitrogens with two attached hydrogens (primary N) is 2. The molecule has 0 bridgehead atoms. The van der Waals surface area contributed by atoms with Crippen LogP contribution >= 0.6 is 0 Å². The van der Waals surface area contributed by atoms with Crippen molar-refractivity contribution < 1.29 is 0 Å². The first kappa shape index (κ1) is 23.9. The molecule has 0 aliphatic carbocycles. The van der Waals surface area contributed by atoms with Gasteiger partial charge in [0.1, 0.15) is 0 Å². The second kappa shape index (κ2) is 10.8. The van der Waals surface area contributed by atoms with Crippen molar-refractivity contribution in [1.29, 1.82) is 0 Å². The highest BCUT2D eigenvalue weighted by Gasteiger charge is 2.37. The van der Waals surface area contributed by atoms with E-state index in [1.165, 1.54) is 19.3 Å². The van der Waals surface area contributed by atoms with Crippen LogP contribution in [0.15, 0.2) is 0 Å². The van der Waals surface area contributed by atoms with E-state index in [0.717, 1.165) is 18.8 Å². The van der Waals surface area contributed by atoms with Crippen molar-refractivity contribution in [2.24, 2.45) is 46.5 Å². The lowest BCUT2D eigenvalue weighted by atomic mass is 9.63. The van der Waals surface area contributed by atoms with Crippen LogP contribution in [-0.4, -0.2) is 12.1 Å². The number of rotatable bonds is 12. The molecule has 6 atom stereocenters. The van der Waals surface area contributed by atoms with Gasteiger partial charge in [0.15, 0.2) is 0 Å². The minimum atomic E-state index is 0.281. The van der Waals surface area contributed by atoms with E-state index in [9.17, 15) is 0 Å². The summed E-state index contributed by atoms with van der Waals surface area (Å²) < 4.78 is 0. The van der Waals surface area contributed by atoms with Crippen LogP contribution in [0.5, 0.6) is 0 Å². The Labute approximate surface area is 153 Å². The third-order valence-corrected chi connectivity index (χ3v) is 6.30. The van der Waals surface area contributed by atoms with Gasteiger partial charge in [-0.05, 0) is 67.6 Å². The van der Waals surface area contributed by atoms with Gasteiger partial charge in [0.05, 0.1) is 0 Å². The molecule has 2 heteroatoms. The second-order valence-electron chi connectivity index (χ2n) is 9.74. The second-order valence-corrected chi connectivity index (χ2v) is 9.74. The Bertz CT molecular complexity index is 322. The van der Waals surface area contributed by atoms with Crippen molar-refractivity contribution in [1.82, 2.24) is 0 Å². The largest absolute Gasteiger partial charge is 0.328 e. The monoisotopic (exact) mass is 340 g/mol. The summed E-state index contributed by atoms with van der Waals surface area (Å²) in [6, 6.07) is 0.608. The highest BCUT2D eigenvalue weighted by molar-refractivity contribution is 4.88. The molecule has 0 spiro atoms. The van der Waals surface area contributed by atoms with E-state index in [1.807, 2.05) is 0 Å². The maximum Gasteiger partial charge on any atom is 0.00671 e. The average Bonchev–Trinajstić information content (AvgIpc) is 2.47. The molecule has 4 N–H and O–H groups in total. The molecule has 0 fully saturated rings. The zero-order chi connectivity index (χ0) is 19.1. The van der Waals surface area contributed by atoms with Gasteiger partial charge < -0.3 is 11.5 Å². The van der Waals surface area contributed by atoms with Gasteiger partial charge in [0, 0.05) is 12.1 Å². The third-order valence-electron chi connectivity index (χ3n) is 6.30. The molecule has 0 aliphatic heterocycles. The summed E-state index contributed by atoms with van der Waals surface area (Å²) in [6.45, 7) is 21.1. The lowest BCUT2D eigenvalue weighted by Crippen LogP contribution is -2.40. The Morgan fingerprint density at radius 2 is 1.33 bits per heavy atom. The predicted molar refractivity (Wildman–Crippen MR) is 110 cm³/mol. The van der Waals surface area contributed by atoms with Crippen molar-refractivity contribution in [3.63, 3.8) is 0 Å². The molecule has 0 aromatic carbocycles. The Morgan fingerprint density at radius 1 is 0.792 bits per heavy atom. The molecule has 24 heavy (non-hydrogen) atoms. The average molecular weight is 341 g/mol. The fraction of sp³-hybridized carbons (Fsp3) is 1.00. The van der Waals surface area contributed by atoms with E-state index >= 15 is 0 Å². The van der Waals surface area contributed by atoms with Crippen LogP contribution in [0.1, 0.15) is 94.4 Å². The van der Waals surface area contributed by atoms with E-state index in [0.29, 0.717) is 35.1 Å². The van der Waals surface area contributed by atoms with E-state index in [1.54, 1.807) is 0 Å². The molecule has 0 aliphatic rings. The fourth-order valence-corrected chi connectivity index (χ4v) is 4.82. The van der Waals surface area contributed by atoms with Crippen LogP contribution in [0.3, 0.4) is 0 Å². The van der Waals surface area contributed by atoms with E-state index in [-0.39, 0.29) is 6.04 Å². The molecule has 0 radical (unpaired) electrons. The Morgan fingerprint density at radius 3 is 1.71 bits per heavy atom. The lowest BCUT2D eigenvalue weighted by Gasteiger charge is -2.43. The SMILES string of the molecule is CCC(C)C(CC(C)N)C(C)(C)CC(C)C(CC(C)C)C(N)CC. The Balaban J connectivity index is 5.22. The molecule has 0 heterocycles. The van der Waals surface area contributed by atoms with E-state index in [2.05, 4.69) is 62.3 Å². The van der Waals surface area contributed by atoms with Crippen molar-refractivity contribution in [3.05, 3.63) is 0 Å². The molecule has 146 valence electrons. The van der Waals surface area contributed by atoms with E-state index in [4.69, 9.17) is 11.5 Å². The van der Waals surface area contributed by atoms with Crippen LogP contribution in [-0.2, 0) is 0 Å². The zero-order valence-electron chi connectivity index (χ0n) is 18.2. The molecule has 0 amide bonds. The minimum Gasteiger partial charge on any atom is -0.328 e. The van der Waals surface area contributed by atoms with Crippen LogP contribution < -0.4 is 11.5 Å². The maximum absolute atomic E-state index is 6.51.